The highest BCUT2D eigenvalue weighted by Crippen LogP contribution is 2.76. The van der Waals surface area contributed by atoms with E-state index in [-0.39, 0.29) is 69.3 Å². The number of aliphatic hydroxyl groups is 1. The molecule has 0 bridgehead atoms. The molecule has 1 heterocycles. The Hall–Kier alpha value is -1.14. The van der Waals surface area contributed by atoms with Crippen LogP contribution in [-0.2, 0) is 23.8 Å². The van der Waals surface area contributed by atoms with Gasteiger partial charge in [0.25, 0.3) is 0 Å². The molecule has 1 saturated heterocycles. The predicted octanol–water partition coefficient (Wildman–Crippen LogP) is 6.85. The topological polar surface area (TPSA) is 82.1 Å². The number of carbonyl (C=O) groups is 2. The van der Waals surface area contributed by atoms with E-state index in [1.54, 1.807) is 6.92 Å². The smallest absolute Gasteiger partial charge is 0.302 e. The van der Waals surface area contributed by atoms with E-state index in [1.807, 2.05) is 13.8 Å². The van der Waals surface area contributed by atoms with Gasteiger partial charge in [0.2, 0.25) is 0 Å². The van der Waals surface area contributed by atoms with E-state index in [9.17, 15) is 14.7 Å². The lowest BCUT2D eigenvalue weighted by Crippen LogP contribution is -2.67. The van der Waals surface area contributed by atoms with E-state index in [2.05, 4.69) is 41.5 Å². The van der Waals surface area contributed by atoms with E-state index < -0.39 is 5.60 Å². The Morgan fingerprint density at radius 2 is 1.43 bits per heavy atom. The molecule has 5 fully saturated rings. The monoisotopic (exact) mass is 560 g/mol. The van der Waals surface area contributed by atoms with Gasteiger partial charge in [0.15, 0.2) is 0 Å². The van der Waals surface area contributed by atoms with Crippen molar-refractivity contribution in [1.82, 2.24) is 0 Å². The third-order valence-corrected chi connectivity index (χ3v) is 13.8. The summed E-state index contributed by atoms with van der Waals surface area (Å²) in [6.07, 6.45) is 8.68. The molecule has 5 aliphatic rings. The van der Waals surface area contributed by atoms with Gasteiger partial charge in [0, 0.05) is 25.2 Å². The Balaban J connectivity index is 1.52. The first-order chi connectivity index (χ1) is 18.3. The highest BCUT2D eigenvalue weighted by Gasteiger charge is 2.72. The molecule has 0 aromatic heterocycles. The van der Waals surface area contributed by atoms with Crippen LogP contribution >= 0.6 is 0 Å². The van der Waals surface area contributed by atoms with Gasteiger partial charge in [-0.2, -0.15) is 0 Å². The minimum absolute atomic E-state index is 0.0186. The van der Waals surface area contributed by atoms with Crippen LogP contribution in [0.5, 0.6) is 0 Å². The molecule has 228 valence electrons. The van der Waals surface area contributed by atoms with Crippen LogP contribution < -0.4 is 0 Å². The molecule has 1 aliphatic heterocycles. The second kappa shape index (κ2) is 9.43. The molecule has 6 heteroatoms. The van der Waals surface area contributed by atoms with Gasteiger partial charge >= 0.3 is 11.9 Å². The molecule has 0 amide bonds. The molecule has 11 atom stereocenters. The van der Waals surface area contributed by atoms with E-state index in [0.717, 1.165) is 57.8 Å². The third kappa shape index (κ3) is 4.31. The summed E-state index contributed by atoms with van der Waals surface area (Å²) < 4.78 is 19.0. The second-order valence-corrected chi connectivity index (χ2v) is 16.6. The Morgan fingerprint density at radius 3 is 2.00 bits per heavy atom. The van der Waals surface area contributed by atoms with Gasteiger partial charge in [0.05, 0.1) is 17.3 Å². The van der Waals surface area contributed by atoms with Crippen LogP contribution in [0.3, 0.4) is 0 Å². The third-order valence-electron chi connectivity index (χ3n) is 13.8. The maximum absolute atomic E-state index is 12.6. The Bertz CT molecular complexity index is 1030. The molecule has 5 rings (SSSR count). The Labute approximate surface area is 242 Å². The van der Waals surface area contributed by atoms with Crippen molar-refractivity contribution in [3.63, 3.8) is 0 Å². The van der Waals surface area contributed by atoms with E-state index in [1.165, 1.54) is 6.92 Å². The lowest BCUT2D eigenvalue weighted by Gasteiger charge is -2.70. The van der Waals surface area contributed by atoms with Crippen molar-refractivity contribution in [2.24, 2.45) is 45.3 Å². The SMILES string of the molecule is CC(=O)O[C@@H]1C[C@@H]2[C@@]3(C)CC[C@@H](OC(C)=O)C(C)(C)[C@@H]3CC[C@@]2(C)[C@]2(C)CC[C@H]([C@]3(C)CC[C@H](C(C)(C)O)O3)[C@H]12. The fourth-order valence-electron chi connectivity index (χ4n) is 11.8. The van der Waals surface area contributed by atoms with Gasteiger partial charge in [-0.25, -0.2) is 0 Å². The standard InChI is InChI=1S/C34H56O6/c1-20(35)38-23-19-25-31(7)15-13-26(39-21(2)36)29(3,4)24(31)12-17-32(25,8)33(9)16-11-22(28(23)33)34(10)18-14-27(40-34)30(5,6)37/h22-28,37H,11-19H2,1-10H3/t22-,23+,24-,25+,26+,27+,28+,31-,32+,33+,34-/m0/s1. The minimum atomic E-state index is -0.872. The first kappa shape index (κ1) is 30.3. The highest BCUT2D eigenvalue weighted by atomic mass is 16.6. The number of carbonyl (C=O) groups excluding carboxylic acids is 2. The van der Waals surface area contributed by atoms with Crippen molar-refractivity contribution in [3.05, 3.63) is 0 Å². The van der Waals surface area contributed by atoms with Crippen LogP contribution in [0.15, 0.2) is 0 Å². The Kier molecular flexibility index (Phi) is 7.15. The van der Waals surface area contributed by atoms with E-state index in [4.69, 9.17) is 14.2 Å². The van der Waals surface area contributed by atoms with Gasteiger partial charge in [-0.05, 0) is 113 Å². The van der Waals surface area contributed by atoms with Crippen molar-refractivity contribution in [2.75, 3.05) is 0 Å². The maximum atomic E-state index is 12.6. The van der Waals surface area contributed by atoms with Gasteiger partial charge < -0.3 is 19.3 Å². The number of hydrogen-bond donors (Lipinski definition) is 1. The van der Waals surface area contributed by atoms with Crippen LogP contribution in [0.2, 0.25) is 0 Å². The molecule has 1 N–H and O–H groups in total. The average Bonchev–Trinajstić information content (AvgIpc) is 3.39. The zero-order chi connectivity index (χ0) is 29.7. The number of ether oxygens (including phenoxy) is 3. The number of esters is 2. The first-order valence-corrected chi connectivity index (χ1v) is 16.0. The molecule has 40 heavy (non-hydrogen) atoms. The largest absolute Gasteiger partial charge is 0.462 e. The molecule has 0 radical (unpaired) electrons. The zero-order valence-electron chi connectivity index (χ0n) is 26.9. The number of hydrogen-bond acceptors (Lipinski definition) is 6. The van der Waals surface area contributed by atoms with E-state index >= 15 is 0 Å². The van der Waals surface area contributed by atoms with Crippen molar-refractivity contribution in [3.8, 4) is 0 Å². The van der Waals surface area contributed by atoms with E-state index in [0.29, 0.717) is 11.8 Å². The molecule has 4 aliphatic carbocycles. The fourth-order valence-corrected chi connectivity index (χ4v) is 11.8. The number of fused-ring (bicyclic) bond motifs is 5. The van der Waals surface area contributed by atoms with Gasteiger partial charge in [-0.15, -0.1) is 0 Å². The van der Waals surface area contributed by atoms with Gasteiger partial charge in [-0.1, -0.05) is 34.6 Å². The lowest BCUT2D eigenvalue weighted by atomic mass is 9.35. The summed E-state index contributed by atoms with van der Waals surface area (Å²) in [5.74, 6) is 1.00. The summed E-state index contributed by atoms with van der Waals surface area (Å²) in [5.41, 5.74) is -1.10. The summed E-state index contributed by atoms with van der Waals surface area (Å²) in [7, 11) is 0. The van der Waals surface area contributed by atoms with Crippen molar-refractivity contribution >= 4 is 11.9 Å². The molecule has 4 saturated carbocycles. The van der Waals surface area contributed by atoms with Gasteiger partial charge in [-0.3, -0.25) is 9.59 Å². The quantitative estimate of drug-likeness (QED) is 0.379. The number of rotatable bonds is 4. The molecular formula is C34H56O6. The summed E-state index contributed by atoms with van der Waals surface area (Å²) in [5, 5.41) is 10.8. The summed E-state index contributed by atoms with van der Waals surface area (Å²) in [6, 6.07) is 0. The van der Waals surface area contributed by atoms with Crippen LogP contribution in [-0.4, -0.2) is 46.6 Å². The highest BCUT2D eigenvalue weighted by molar-refractivity contribution is 5.66. The van der Waals surface area contributed by atoms with Crippen molar-refractivity contribution < 1.29 is 28.9 Å². The summed E-state index contributed by atoms with van der Waals surface area (Å²) in [4.78, 5) is 24.6. The maximum Gasteiger partial charge on any atom is 0.302 e. The normalized spacial score (nSPS) is 49.9. The minimum Gasteiger partial charge on any atom is -0.462 e. The van der Waals surface area contributed by atoms with Crippen LogP contribution in [0, 0.1) is 45.3 Å². The molecule has 0 unspecified atom stereocenters. The molecule has 0 aromatic rings. The van der Waals surface area contributed by atoms with Crippen LogP contribution in [0.4, 0.5) is 0 Å². The average molecular weight is 561 g/mol. The molecule has 6 nitrogen and oxygen atoms in total. The van der Waals surface area contributed by atoms with Crippen LogP contribution in [0.1, 0.15) is 127 Å². The fraction of sp³-hybridized carbons (Fsp3) is 0.941. The zero-order valence-corrected chi connectivity index (χ0v) is 26.9. The predicted molar refractivity (Wildman–Crippen MR) is 154 cm³/mol. The lowest BCUT2D eigenvalue weighted by molar-refractivity contribution is -0.254. The van der Waals surface area contributed by atoms with Crippen LogP contribution in [0.25, 0.3) is 0 Å². The van der Waals surface area contributed by atoms with Crippen molar-refractivity contribution in [1.29, 1.82) is 0 Å². The van der Waals surface area contributed by atoms with Crippen molar-refractivity contribution in [2.45, 2.75) is 157 Å². The second-order valence-electron chi connectivity index (χ2n) is 16.6. The summed E-state index contributed by atoms with van der Waals surface area (Å²) in [6.45, 7) is 21.2. The molecular weight excluding hydrogens is 504 g/mol. The molecule has 0 aromatic carbocycles. The first-order valence-electron chi connectivity index (χ1n) is 16.0. The summed E-state index contributed by atoms with van der Waals surface area (Å²) >= 11 is 0. The molecule has 0 spiro atoms. The van der Waals surface area contributed by atoms with Gasteiger partial charge in [0.1, 0.15) is 12.2 Å². The Morgan fingerprint density at radius 1 is 0.800 bits per heavy atom.